The first-order valence-electron chi connectivity index (χ1n) is 4.84. The first kappa shape index (κ1) is 7.82. The van der Waals surface area contributed by atoms with E-state index in [4.69, 9.17) is 0 Å². The molecule has 0 aliphatic carbocycles. The van der Waals surface area contributed by atoms with Crippen molar-refractivity contribution < 1.29 is 0 Å². The van der Waals surface area contributed by atoms with Crippen molar-refractivity contribution in [3.8, 4) is 0 Å². The van der Waals surface area contributed by atoms with Crippen LogP contribution in [0, 0.1) is 0 Å². The first-order valence-corrected chi connectivity index (χ1v) is 4.84. The SMILES string of the molecule is c1c[nH]c(C2NCCc3[nH]cnc32)c1. The van der Waals surface area contributed by atoms with Gasteiger partial charge in [0.1, 0.15) is 0 Å². The summed E-state index contributed by atoms with van der Waals surface area (Å²) in [6.45, 7) is 0.999. The molecular weight excluding hydrogens is 176 g/mol. The number of aromatic amines is 2. The van der Waals surface area contributed by atoms with Crippen LogP contribution >= 0.6 is 0 Å². The molecule has 1 unspecified atom stereocenters. The minimum atomic E-state index is 0.222. The number of nitrogens with one attached hydrogen (secondary N) is 3. The summed E-state index contributed by atoms with van der Waals surface area (Å²) in [7, 11) is 0. The summed E-state index contributed by atoms with van der Waals surface area (Å²) in [4.78, 5) is 10.8. The predicted octanol–water partition coefficient (Wildman–Crippen LogP) is 0.973. The van der Waals surface area contributed by atoms with Crippen LogP contribution in [0.25, 0.3) is 0 Å². The molecule has 1 atom stereocenters. The average molecular weight is 188 g/mol. The van der Waals surface area contributed by atoms with Crippen LogP contribution in [0.2, 0.25) is 0 Å². The zero-order valence-electron chi connectivity index (χ0n) is 7.75. The molecule has 4 nitrogen and oxygen atoms in total. The quantitative estimate of drug-likeness (QED) is 0.624. The molecule has 3 N–H and O–H groups in total. The number of hydrogen-bond acceptors (Lipinski definition) is 2. The molecule has 0 amide bonds. The van der Waals surface area contributed by atoms with Crippen LogP contribution in [0.5, 0.6) is 0 Å². The molecular formula is C10H12N4. The van der Waals surface area contributed by atoms with Crippen LogP contribution in [0.15, 0.2) is 24.7 Å². The molecule has 1 aliphatic rings. The molecule has 1 aliphatic heterocycles. The summed E-state index contributed by atoms with van der Waals surface area (Å²) in [5.41, 5.74) is 3.56. The number of hydrogen-bond donors (Lipinski definition) is 3. The Morgan fingerprint density at radius 1 is 1.36 bits per heavy atom. The lowest BCUT2D eigenvalue weighted by Crippen LogP contribution is -2.30. The maximum atomic E-state index is 4.36. The molecule has 0 radical (unpaired) electrons. The fourth-order valence-electron chi connectivity index (χ4n) is 2.00. The van der Waals surface area contributed by atoms with Crippen molar-refractivity contribution in [2.24, 2.45) is 0 Å². The number of nitrogens with zero attached hydrogens (tertiary/aromatic N) is 1. The number of fused-ring (bicyclic) bond motifs is 1. The normalized spacial score (nSPS) is 20.7. The molecule has 3 rings (SSSR count). The Hall–Kier alpha value is -1.55. The maximum absolute atomic E-state index is 4.36. The van der Waals surface area contributed by atoms with Gasteiger partial charge in [0.25, 0.3) is 0 Å². The molecule has 0 saturated carbocycles. The summed E-state index contributed by atoms with van der Waals surface area (Å²) < 4.78 is 0. The maximum Gasteiger partial charge on any atom is 0.0926 e. The van der Waals surface area contributed by atoms with Gasteiger partial charge in [-0.05, 0) is 12.1 Å². The second-order valence-corrected chi connectivity index (χ2v) is 3.53. The van der Waals surface area contributed by atoms with Gasteiger partial charge in [0.05, 0.1) is 18.1 Å². The summed E-state index contributed by atoms with van der Waals surface area (Å²) in [6, 6.07) is 4.32. The van der Waals surface area contributed by atoms with Gasteiger partial charge in [-0.2, -0.15) is 0 Å². The van der Waals surface area contributed by atoms with Crippen LogP contribution < -0.4 is 5.32 Å². The lowest BCUT2D eigenvalue weighted by atomic mass is 10.0. The summed E-state index contributed by atoms with van der Waals surface area (Å²) in [6.07, 6.45) is 4.75. The highest BCUT2D eigenvalue weighted by Crippen LogP contribution is 2.24. The van der Waals surface area contributed by atoms with E-state index in [9.17, 15) is 0 Å². The summed E-state index contributed by atoms with van der Waals surface area (Å²) in [5, 5.41) is 3.45. The minimum Gasteiger partial charge on any atom is -0.363 e. The van der Waals surface area contributed by atoms with Crippen molar-refractivity contribution in [2.75, 3.05) is 6.54 Å². The number of aromatic nitrogens is 3. The minimum absolute atomic E-state index is 0.222. The van der Waals surface area contributed by atoms with E-state index in [2.05, 4.69) is 26.3 Å². The second-order valence-electron chi connectivity index (χ2n) is 3.53. The van der Waals surface area contributed by atoms with Crippen molar-refractivity contribution in [1.29, 1.82) is 0 Å². The molecule has 0 saturated heterocycles. The van der Waals surface area contributed by atoms with Crippen molar-refractivity contribution in [1.82, 2.24) is 20.3 Å². The van der Waals surface area contributed by atoms with Gasteiger partial charge in [0.15, 0.2) is 0 Å². The Bertz CT molecular complexity index is 415. The van der Waals surface area contributed by atoms with Gasteiger partial charge < -0.3 is 15.3 Å². The van der Waals surface area contributed by atoms with Gasteiger partial charge in [-0.1, -0.05) is 0 Å². The van der Waals surface area contributed by atoms with Crippen LogP contribution in [0.1, 0.15) is 23.1 Å². The number of imidazole rings is 1. The smallest absolute Gasteiger partial charge is 0.0926 e. The lowest BCUT2D eigenvalue weighted by molar-refractivity contribution is 0.545. The van der Waals surface area contributed by atoms with Crippen LogP contribution in [0.4, 0.5) is 0 Å². The summed E-state index contributed by atoms with van der Waals surface area (Å²) in [5.74, 6) is 0. The Morgan fingerprint density at radius 2 is 2.36 bits per heavy atom. The van der Waals surface area contributed by atoms with Crippen molar-refractivity contribution in [3.63, 3.8) is 0 Å². The van der Waals surface area contributed by atoms with Crippen molar-refractivity contribution in [3.05, 3.63) is 41.7 Å². The van der Waals surface area contributed by atoms with E-state index in [0.29, 0.717) is 0 Å². The first-order chi connectivity index (χ1) is 6.95. The molecule has 72 valence electrons. The van der Waals surface area contributed by atoms with Gasteiger partial charge in [-0.25, -0.2) is 4.98 Å². The predicted molar refractivity (Wildman–Crippen MR) is 52.9 cm³/mol. The zero-order chi connectivity index (χ0) is 9.38. The average Bonchev–Trinajstić information content (AvgIpc) is 2.88. The molecule has 2 aromatic rings. The fourth-order valence-corrected chi connectivity index (χ4v) is 2.00. The van der Waals surface area contributed by atoms with Crippen molar-refractivity contribution in [2.45, 2.75) is 12.5 Å². The molecule has 0 fully saturated rings. The van der Waals surface area contributed by atoms with E-state index in [1.165, 1.54) is 11.4 Å². The third-order valence-corrected chi connectivity index (χ3v) is 2.68. The monoisotopic (exact) mass is 188 g/mol. The molecule has 2 aromatic heterocycles. The number of rotatable bonds is 1. The van der Waals surface area contributed by atoms with Crippen molar-refractivity contribution >= 4 is 0 Å². The molecule has 0 spiro atoms. The summed E-state index contributed by atoms with van der Waals surface area (Å²) >= 11 is 0. The fraction of sp³-hybridized carbons (Fsp3) is 0.300. The van der Waals surface area contributed by atoms with E-state index < -0.39 is 0 Å². The third kappa shape index (κ3) is 1.08. The van der Waals surface area contributed by atoms with Gasteiger partial charge in [-0.3, -0.25) is 0 Å². The van der Waals surface area contributed by atoms with Gasteiger partial charge in [0, 0.05) is 30.6 Å². The third-order valence-electron chi connectivity index (χ3n) is 2.68. The molecule has 4 heteroatoms. The molecule has 0 aromatic carbocycles. The highest BCUT2D eigenvalue weighted by atomic mass is 15.0. The largest absolute Gasteiger partial charge is 0.363 e. The Labute approximate surface area is 81.8 Å². The topological polar surface area (TPSA) is 56.5 Å². The van der Waals surface area contributed by atoms with Crippen LogP contribution in [-0.4, -0.2) is 21.5 Å². The van der Waals surface area contributed by atoms with Crippen LogP contribution in [0.3, 0.4) is 0 Å². The molecule has 14 heavy (non-hydrogen) atoms. The van der Waals surface area contributed by atoms with Gasteiger partial charge in [0.2, 0.25) is 0 Å². The van der Waals surface area contributed by atoms with E-state index >= 15 is 0 Å². The van der Waals surface area contributed by atoms with E-state index in [1.807, 2.05) is 12.3 Å². The number of H-pyrrole nitrogens is 2. The van der Waals surface area contributed by atoms with Crippen LogP contribution in [-0.2, 0) is 6.42 Å². The Kier molecular flexibility index (Phi) is 1.67. The Morgan fingerprint density at radius 3 is 3.21 bits per heavy atom. The van der Waals surface area contributed by atoms with Gasteiger partial charge >= 0.3 is 0 Å². The standard InChI is InChI=1S/C10H12N4/c1-2-7(11-4-1)9-10-8(3-5-12-9)13-6-14-10/h1-2,4,6,9,11-12H,3,5H2,(H,13,14). The molecule has 3 heterocycles. The van der Waals surface area contributed by atoms with E-state index in [-0.39, 0.29) is 6.04 Å². The lowest BCUT2D eigenvalue weighted by Gasteiger charge is -2.21. The highest BCUT2D eigenvalue weighted by Gasteiger charge is 2.23. The second kappa shape index (κ2) is 2.99. The van der Waals surface area contributed by atoms with Gasteiger partial charge in [-0.15, -0.1) is 0 Å². The zero-order valence-corrected chi connectivity index (χ0v) is 7.75. The van der Waals surface area contributed by atoms with E-state index in [0.717, 1.165) is 18.7 Å². The Balaban J connectivity index is 2.04. The highest BCUT2D eigenvalue weighted by molar-refractivity contribution is 5.28. The van der Waals surface area contributed by atoms with E-state index in [1.54, 1.807) is 6.33 Å². The molecule has 0 bridgehead atoms.